The van der Waals surface area contributed by atoms with E-state index in [-0.39, 0.29) is 17.2 Å². The summed E-state index contributed by atoms with van der Waals surface area (Å²) in [5.41, 5.74) is 1.86. The third-order valence-electron chi connectivity index (χ3n) is 4.80. The lowest BCUT2D eigenvalue weighted by atomic mass is 9.97. The van der Waals surface area contributed by atoms with Gasteiger partial charge >= 0.3 is 0 Å². The topological polar surface area (TPSA) is 76.1 Å². The number of hydrogen-bond acceptors (Lipinski definition) is 3. The maximum Gasteiger partial charge on any atom is 0.271 e. The molecule has 2 N–H and O–H groups in total. The molecule has 4 rings (SSSR count). The van der Waals surface area contributed by atoms with E-state index in [2.05, 4.69) is 16.5 Å². The number of para-hydroxylation sites is 2. The Morgan fingerprint density at radius 2 is 1.93 bits per heavy atom. The van der Waals surface area contributed by atoms with Crippen LogP contribution in [0.1, 0.15) is 22.5 Å². The van der Waals surface area contributed by atoms with Gasteiger partial charge in [0.2, 0.25) is 0 Å². The van der Waals surface area contributed by atoms with E-state index in [9.17, 15) is 9.59 Å². The van der Waals surface area contributed by atoms with Crippen molar-refractivity contribution in [2.75, 3.05) is 13.2 Å². The number of nitrogens with zero attached hydrogens (tertiary/aromatic N) is 1. The van der Waals surface area contributed by atoms with E-state index in [0.29, 0.717) is 24.8 Å². The molecule has 27 heavy (non-hydrogen) atoms. The number of benzene rings is 2. The average Bonchev–Trinajstić information content (AvgIpc) is 2.96. The normalized spacial score (nSPS) is 16.1. The van der Waals surface area contributed by atoms with E-state index in [1.165, 1.54) is 10.7 Å². The Bertz CT molecular complexity index is 991. The van der Waals surface area contributed by atoms with Crippen LogP contribution in [0.15, 0.2) is 65.5 Å². The van der Waals surface area contributed by atoms with Crippen molar-refractivity contribution in [3.8, 4) is 11.4 Å². The molecule has 6 heteroatoms. The van der Waals surface area contributed by atoms with Crippen LogP contribution in [0.3, 0.4) is 0 Å². The molecule has 0 unspecified atom stereocenters. The summed E-state index contributed by atoms with van der Waals surface area (Å²) in [5.74, 6) is 0.941. The van der Waals surface area contributed by atoms with Crippen LogP contribution in [0.5, 0.6) is 5.75 Å². The van der Waals surface area contributed by atoms with Crippen LogP contribution in [0.25, 0.3) is 5.69 Å². The minimum atomic E-state index is -0.278. The fourth-order valence-electron chi connectivity index (χ4n) is 3.35. The Kier molecular flexibility index (Phi) is 4.78. The van der Waals surface area contributed by atoms with E-state index in [1.807, 2.05) is 48.5 Å². The maximum absolute atomic E-state index is 12.5. The highest BCUT2D eigenvalue weighted by molar-refractivity contribution is 5.92. The standard InChI is InChI=1S/C21H21N3O3/c25-20-13-18(23-24(20)17-7-2-1-3-8-17)21(26)22-14-15-10-11-27-19-9-5-4-6-16(19)12-15/h1-9,13,15,23H,10-12,14H2,(H,22,26)/t15-/m0/s1. The molecule has 2 aromatic carbocycles. The molecule has 138 valence electrons. The number of rotatable bonds is 4. The molecule has 0 bridgehead atoms. The van der Waals surface area contributed by atoms with Crippen molar-refractivity contribution in [1.82, 2.24) is 15.1 Å². The van der Waals surface area contributed by atoms with Gasteiger partial charge in [0.05, 0.1) is 12.3 Å². The number of hydrogen-bond donors (Lipinski definition) is 2. The van der Waals surface area contributed by atoms with Crippen LogP contribution in [0.2, 0.25) is 0 Å². The number of carbonyl (C=O) groups excluding carboxylic acids is 1. The van der Waals surface area contributed by atoms with Gasteiger partial charge in [-0.2, -0.15) is 0 Å². The van der Waals surface area contributed by atoms with Crippen LogP contribution in [0.4, 0.5) is 0 Å². The fourth-order valence-corrected chi connectivity index (χ4v) is 3.35. The molecular weight excluding hydrogens is 342 g/mol. The Labute approximate surface area is 156 Å². The number of ether oxygens (including phenoxy) is 1. The van der Waals surface area contributed by atoms with E-state index in [0.717, 1.165) is 24.2 Å². The monoisotopic (exact) mass is 363 g/mol. The smallest absolute Gasteiger partial charge is 0.271 e. The SMILES string of the molecule is O=C(NC[C@H]1CCOc2ccccc2C1)c1cc(=O)n(-c2ccccc2)[nH]1. The molecule has 1 aliphatic heterocycles. The van der Waals surface area contributed by atoms with E-state index < -0.39 is 0 Å². The first-order valence-electron chi connectivity index (χ1n) is 9.07. The highest BCUT2D eigenvalue weighted by Gasteiger charge is 2.19. The van der Waals surface area contributed by atoms with Gasteiger partial charge in [-0.25, -0.2) is 4.68 Å². The average molecular weight is 363 g/mol. The van der Waals surface area contributed by atoms with Crippen molar-refractivity contribution in [3.05, 3.63) is 82.3 Å². The third-order valence-corrected chi connectivity index (χ3v) is 4.80. The molecule has 1 aliphatic rings. The molecule has 0 radical (unpaired) electrons. The van der Waals surface area contributed by atoms with Crippen molar-refractivity contribution < 1.29 is 9.53 Å². The molecule has 6 nitrogen and oxygen atoms in total. The van der Waals surface area contributed by atoms with Gasteiger partial charge in [-0.1, -0.05) is 36.4 Å². The summed E-state index contributed by atoms with van der Waals surface area (Å²) in [7, 11) is 0. The van der Waals surface area contributed by atoms with Crippen molar-refractivity contribution in [3.63, 3.8) is 0 Å². The van der Waals surface area contributed by atoms with E-state index >= 15 is 0 Å². The second-order valence-electron chi connectivity index (χ2n) is 6.70. The zero-order chi connectivity index (χ0) is 18.6. The molecule has 1 aromatic heterocycles. The first kappa shape index (κ1) is 17.1. The van der Waals surface area contributed by atoms with Crippen molar-refractivity contribution in [2.24, 2.45) is 5.92 Å². The number of fused-ring (bicyclic) bond motifs is 1. The molecule has 0 saturated carbocycles. The highest BCUT2D eigenvalue weighted by Crippen LogP contribution is 2.26. The molecule has 0 spiro atoms. The minimum Gasteiger partial charge on any atom is -0.493 e. The molecule has 0 saturated heterocycles. The molecule has 3 aromatic rings. The second kappa shape index (κ2) is 7.53. The lowest BCUT2D eigenvalue weighted by Crippen LogP contribution is -2.30. The Balaban J connectivity index is 1.42. The van der Waals surface area contributed by atoms with E-state index in [1.54, 1.807) is 0 Å². The Morgan fingerprint density at radius 1 is 1.15 bits per heavy atom. The summed E-state index contributed by atoms with van der Waals surface area (Å²) in [6, 6.07) is 18.5. The zero-order valence-electron chi connectivity index (χ0n) is 14.9. The van der Waals surface area contributed by atoms with E-state index in [4.69, 9.17) is 4.74 Å². The lowest BCUT2D eigenvalue weighted by molar-refractivity contribution is 0.0940. The summed E-state index contributed by atoms with van der Waals surface area (Å²) in [6.07, 6.45) is 1.73. The number of carbonyl (C=O) groups is 1. The quantitative estimate of drug-likeness (QED) is 0.748. The zero-order valence-corrected chi connectivity index (χ0v) is 14.9. The number of aromatic nitrogens is 2. The van der Waals surface area contributed by atoms with Crippen LogP contribution in [-0.4, -0.2) is 28.8 Å². The van der Waals surface area contributed by atoms with Gasteiger partial charge in [0.1, 0.15) is 11.4 Å². The summed E-state index contributed by atoms with van der Waals surface area (Å²) in [6.45, 7) is 1.17. The molecule has 1 atom stereocenters. The summed E-state index contributed by atoms with van der Waals surface area (Å²) in [5, 5.41) is 5.82. The maximum atomic E-state index is 12.5. The van der Waals surface area contributed by atoms with Gasteiger partial charge in [-0.3, -0.25) is 14.7 Å². The highest BCUT2D eigenvalue weighted by atomic mass is 16.5. The molecular formula is C21H21N3O3. The minimum absolute atomic E-state index is 0.258. The van der Waals surface area contributed by atoms with Crippen LogP contribution in [-0.2, 0) is 6.42 Å². The van der Waals surface area contributed by atoms with Crippen LogP contribution >= 0.6 is 0 Å². The predicted molar refractivity (Wildman–Crippen MR) is 102 cm³/mol. The number of nitrogens with one attached hydrogen (secondary N) is 2. The molecule has 1 amide bonds. The van der Waals surface area contributed by atoms with Crippen LogP contribution < -0.4 is 15.6 Å². The summed E-state index contributed by atoms with van der Waals surface area (Å²) in [4.78, 5) is 24.7. The Morgan fingerprint density at radius 3 is 2.78 bits per heavy atom. The number of aromatic amines is 1. The number of amides is 1. The van der Waals surface area contributed by atoms with Crippen molar-refractivity contribution in [1.29, 1.82) is 0 Å². The fraction of sp³-hybridized carbons (Fsp3) is 0.238. The van der Waals surface area contributed by atoms with Crippen molar-refractivity contribution in [2.45, 2.75) is 12.8 Å². The summed E-state index contributed by atoms with van der Waals surface area (Å²) < 4.78 is 7.14. The molecule has 2 heterocycles. The lowest BCUT2D eigenvalue weighted by Gasteiger charge is -2.14. The van der Waals surface area contributed by atoms with Gasteiger partial charge in [0, 0.05) is 12.6 Å². The first-order chi connectivity index (χ1) is 13.2. The predicted octanol–water partition coefficient (Wildman–Crippen LogP) is 2.54. The van der Waals surface area contributed by atoms with Crippen LogP contribution in [0, 0.1) is 5.92 Å². The largest absolute Gasteiger partial charge is 0.493 e. The van der Waals surface area contributed by atoms with Crippen molar-refractivity contribution >= 4 is 5.91 Å². The first-order valence-corrected chi connectivity index (χ1v) is 9.07. The van der Waals surface area contributed by atoms with Gasteiger partial charge in [-0.05, 0) is 42.5 Å². The van der Waals surface area contributed by atoms with Gasteiger partial charge in [-0.15, -0.1) is 0 Å². The number of H-pyrrole nitrogens is 1. The third kappa shape index (κ3) is 3.79. The molecule has 0 aliphatic carbocycles. The van der Waals surface area contributed by atoms with Gasteiger partial charge in [0.25, 0.3) is 11.5 Å². The second-order valence-corrected chi connectivity index (χ2v) is 6.70. The van der Waals surface area contributed by atoms with Gasteiger partial charge in [0.15, 0.2) is 0 Å². The van der Waals surface area contributed by atoms with Gasteiger partial charge < -0.3 is 10.1 Å². The summed E-state index contributed by atoms with van der Waals surface area (Å²) >= 11 is 0. The Hall–Kier alpha value is -3.28. The molecule has 0 fully saturated rings.